The van der Waals surface area contributed by atoms with Crippen molar-refractivity contribution < 1.29 is 14.3 Å². The number of nitrogens with zero attached hydrogens (tertiary/aromatic N) is 1. The normalized spacial score (nSPS) is 10.6. The molecule has 0 aliphatic carbocycles. The number of hydrogen-bond donors (Lipinski definition) is 1. The van der Waals surface area contributed by atoms with Gasteiger partial charge in [0.05, 0.1) is 24.5 Å². The number of rotatable bonds is 7. The Labute approximate surface area is 123 Å². The first kappa shape index (κ1) is 16.3. The minimum atomic E-state index is -0.236. The van der Waals surface area contributed by atoms with Gasteiger partial charge in [0.25, 0.3) is 0 Å². The lowest BCUT2D eigenvalue weighted by Gasteiger charge is -2.13. The highest BCUT2D eigenvalue weighted by molar-refractivity contribution is 6.32. The molecule has 1 amide bonds. The van der Waals surface area contributed by atoms with Gasteiger partial charge in [-0.3, -0.25) is 4.79 Å². The summed E-state index contributed by atoms with van der Waals surface area (Å²) >= 11 is 6.19. The summed E-state index contributed by atoms with van der Waals surface area (Å²) in [5, 5.41) is 4.25. The van der Waals surface area contributed by atoms with E-state index in [4.69, 9.17) is 21.1 Å². The third kappa shape index (κ3) is 5.09. The molecule has 110 valence electrons. The predicted molar refractivity (Wildman–Crippen MR) is 79.8 cm³/mol. The van der Waals surface area contributed by atoms with E-state index >= 15 is 0 Å². The molecule has 0 aliphatic rings. The van der Waals surface area contributed by atoms with Crippen molar-refractivity contribution in [1.82, 2.24) is 5.43 Å². The smallest absolute Gasteiger partial charge is 0.236 e. The number of halogens is 1. The number of amides is 1. The highest BCUT2D eigenvalue weighted by Gasteiger charge is 2.11. The summed E-state index contributed by atoms with van der Waals surface area (Å²) in [5.74, 6) is 0.866. The number of hydrogen-bond acceptors (Lipinski definition) is 4. The van der Waals surface area contributed by atoms with Gasteiger partial charge in [-0.05, 0) is 31.0 Å². The number of benzene rings is 1. The molecule has 0 radical (unpaired) electrons. The van der Waals surface area contributed by atoms with Crippen LogP contribution in [-0.2, 0) is 4.79 Å². The Bertz CT molecular complexity index is 490. The first-order valence-corrected chi connectivity index (χ1v) is 6.85. The minimum Gasteiger partial charge on any atom is -0.490 e. The zero-order valence-corrected chi connectivity index (χ0v) is 12.7. The third-order valence-electron chi connectivity index (χ3n) is 2.22. The highest BCUT2D eigenvalue weighted by atomic mass is 35.5. The number of carbonyl (C=O) groups excluding carboxylic acids is 1. The van der Waals surface area contributed by atoms with Crippen LogP contribution in [0.1, 0.15) is 32.8 Å². The summed E-state index contributed by atoms with van der Waals surface area (Å²) in [6.45, 7) is 6.36. The van der Waals surface area contributed by atoms with Crippen LogP contribution in [-0.4, -0.2) is 25.3 Å². The van der Waals surface area contributed by atoms with Crippen LogP contribution in [0.5, 0.6) is 11.5 Å². The van der Waals surface area contributed by atoms with Crippen LogP contribution in [0.3, 0.4) is 0 Å². The maximum absolute atomic E-state index is 10.7. The van der Waals surface area contributed by atoms with Crippen molar-refractivity contribution in [3.05, 3.63) is 22.7 Å². The van der Waals surface area contributed by atoms with E-state index in [1.807, 2.05) is 13.8 Å². The maximum atomic E-state index is 10.7. The lowest BCUT2D eigenvalue weighted by Crippen LogP contribution is -2.12. The van der Waals surface area contributed by atoms with Gasteiger partial charge in [0.15, 0.2) is 11.5 Å². The molecule has 0 spiro atoms. The van der Waals surface area contributed by atoms with Crippen molar-refractivity contribution >= 4 is 23.7 Å². The van der Waals surface area contributed by atoms with Gasteiger partial charge in [-0.25, -0.2) is 5.43 Å². The van der Waals surface area contributed by atoms with Crippen LogP contribution in [0.25, 0.3) is 0 Å². The molecule has 20 heavy (non-hydrogen) atoms. The van der Waals surface area contributed by atoms with Crippen molar-refractivity contribution in [1.29, 1.82) is 0 Å². The number of ether oxygens (including phenoxy) is 2. The lowest BCUT2D eigenvalue weighted by atomic mass is 10.2. The van der Waals surface area contributed by atoms with Crippen LogP contribution in [0, 0.1) is 0 Å². The second kappa shape index (κ2) is 8.43. The van der Waals surface area contributed by atoms with Crippen LogP contribution in [0.2, 0.25) is 5.02 Å². The molecule has 1 N–H and O–H groups in total. The molecule has 0 bridgehead atoms. The molecular formula is C14H19ClN2O3. The standard InChI is InChI=1S/C14H19ClN2O3/c1-4-6-20-14-12(15)7-11(8-13(14)19-5-2)9-16-17-10(3)18/h7-9H,4-6H2,1-3H3,(H,17,18)/b16-9-. The monoisotopic (exact) mass is 298 g/mol. The first-order valence-electron chi connectivity index (χ1n) is 6.47. The van der Waals surface area contributed by atoms with E-state index in [1.165, 1.54) is 13.1 Å². The van der Waals surface area contributed by atoms with Gasteiger partial charge in [-0.1, -0.05) is 18.5 Å². The molecule has 1 rings (SSSR count). The fourth-order valence-electron chi connectivity index (χ4n) is 1.47. The molecule has 1 aromatic carbocycles. The van der Waals surface area contributed by atoms with E-state index in [0.29, 0.717) is 29.7 Å². The SMILES string of the molecule is CCCOc1c(Cl)cc(/C=N\NC(C)=O)cc1OCC. The van der Waals surface area contributed by atoms with Crippen molar-refractivity contribution in [2.75, 3.05) is 13.2 Å². The van der Waals surface area contributed by atoms with Crippen molar-refractivity contribution in [3.8, 4) is 11.5 Å². The molecule has 0 unspecified atom stereocenters. The number of hydrazone groups is 1. The molecule has 0 heterocycles. The molecule has 0 saturated heterocycles. The summed E-state index contributed by atoms with van der Waals surface area (Å²) in [5.41, 5.74) is 3.05. The number of carbonyl (C=O) groups is 1. The Morgan fingerprint density at radius 3 is 2.75 bits per heavy atom. The summed E-state index contributed by atoms with van der Waals surface area (Å²) in [7, 11) is 0. The highest BCUT2D eigenvalue weighted by Crippen LogP contribution is 2.36. The van der Waals surface area contributed by atoms with Gasteiger partial charge in [-0.15, -0.1) is 0 Å². The second-order valence-electron chi connectivity index (χ2n) is 4.04. The van der Waals surface area contributed by atoms with E-state index in [0.717, 1.165) is 12.0 Å². The van der Waals surface area contributed by atoms with Crippen LogP contribution in [0.4, 0.5) is 0 Å². The summed E-state index contributed by atoms with van der Waals surface area (Å²) in [6, 6.07) is 3.48. The van der Waals surface area contributed by atoms with Crippen molar-refractivity contribution in [2.24, 2.45) is 5.10 Å². The molecule has 0 fully saturated rings. The fraction of sp³-hybridized carbons (Fsp3) is 0.429. The van der Waals surface area contributed by atoms with E-state index < -0.39 is 0 Å². The first-order chi connectivity index (χ1) is 9.58. The Balaban J connectivity index is 2.99. The van der Waals surface area contributed by atoms with E-state index in [1.54, 1.807) is 12.1 Å². The fourth-order valence-corrected chi connectivity index (χ4v) is 1.74. The van der Waals surface area contributed by atoms with Crippen molar-refractivity contribution in [3.63, 3.8) is 0 Å². The van der Waals surface area contributed by atoms with Crippen molar-refractivity contribution in [2.45, 2.75) is 27.2 Å². The van der Waals surface area contributed by atoms with E-state index in [-0.39, 0.29) is 5.91 Å². The van der Waals surface area contributed by atoms with E-state index in [2.05, 4.69) is 10.5 Å². The average molecular weight is 299 g/mol. The topological polar surface area (TPSA) is 59.9 Å². The largest absolute Gasteiger partial charge is 0.490 e. The quantitative estimate of drug-likeness (QED) is 0.622. The van der Waals surface area contributed by atoms with Gasteiger partial charge in [0, 0.05) is 6.92 Å². The second-order valence-corrected chi connectivity index (χ2v) is 4.44. The summed E-state index contributed by atoms with van der Waals surface area (Å²) in [4.78, 5) is 10.7. The third-order valence-corrected chi connectivity index (χ3v) is 2.50. The Morgan fingerprint density at radius 1 is 1.40 bits per heavy atom. The average Bonchev–Trinajstić information content (AvgIpc) is 2.38. The molecule has 5 nitrogen and oxygen atoms in total. The van der Waals surface area contributed by atoms with Crippen LogP contribution < -0.4 is 14.9 Å². The van der Waals surface area contributed by atoms with Gasteiger partial charge < -0.3 is 9.47 Å². The predicted octanol–water partition coefficient (Wildman–Crippen LogP) is 3.00. The van der Waals surface area contributed by atoms with Gasteiger partial charge >= 0.3 is 0 Å². The molecule has 0 aromatic heterocycles. The molecule has 0 aliphatic heterocycles. The van der Waals surface area contributed by atoms with Crippen LogP contribution in [0.15, 0.2) is 17.2 Å². The Hall–Kier alpha value is -1.75. The molecule has 6 heteroatoms. The molecular weight excluding hydrogens is 280 g/mol. The van der Waals surface area contributed by atoms with Gasteiger partial charge in [0.1, 0.15) is 0 Å². The van der Waals surface area contributed by atoms with Gasteiger partial charge in [-0.2, -0.15) is 5.10 Å². The minimum absolute atomic E-state index is 0.236. The maximum Gasteiger partial charge on any atom is 0.236 e. The number of nitrogens with one attached hydrogen (secondary N) is 1. The van der Waals surface area contributed by atoms with E-state index in [9.17, 15) is 4.79 Å². The Kier molecular flexibility index (Phi) is 6.87. The summed E-state index contributed by atoms with van der Waals surface area (Å²) in [6.07, 6.45) is 2.38. The molecule has 0 atom stereocenters. The van der Waals surface area contributed by atoms with Gasteiger partial charge in [0.2, 0.25) is 5.91 Å². The zero-order valence-electron chi connectivity index (χ0n) is 11.9. The lowest BCUT2D eigenvalue weighted by molar-refractivity contribution is -0.118. The summed E-state index contributed by atoms with van der Waals surface area (Å²) < 4.78 is 11.1. The molecule has 0 saturated carbocycles. The van der Waals surface area contributed by atoms with Crippen LogP contribution >= 0.6 is 11.6 Å². The zero-order chi connectivity index (χ0) is 15.0. The molecule has 1 aromatic rings. The Morgan fingerprint density at radius 2 is 2.15 bits per heavy atom.